The summed E-state index contributed by atoms with van der Waals surface area (Å²) in [7, 11) is 0. The molecule has 1 aromatic heterocycles. The molecule has 0 bridgehead atoms. The summed E-state index contributed by atoms with van der Waals surface area (Å²) in [6.07, 6.45) is 0. The lowest BCUT2D eigenvalue weighted by molar-refractivity contribution is 0.0512. The molecule has 1 aromatic carbocycles. The summed E-state index contributed by atoms with van der Waals surface area (Å²) in [6.45, 7) is 3.89. The third-order valence-electron chi connectivity index (χ3n) is 2.45. The van der Waals surface area contributed by atoms with Gasteiger partial charge in [-0.15, -0.1) is 0 Å². The predicted octanol–water partition coefficient (Wildman–Crippen LogP) is 3.39. The fourth-order valence-electron chi connectivity index (χ4n) is 1.62. The summed E-state index contributed by atoms with van der Waals surface area (Å²) in [5.74, 6) is -0.399. The molecule has 0 spiro atoms. The van der Waals surface area contributed by atoms with Gasteiger partial charge in [0.05, 0.1) is 12.3 Å². The van der Waals surface area contributed by atoms with Crippen LogP contribution in [0.3, 0.4) is 0 Å². The Bertz CT molecular complexity index is 597. The highest BCUT2D eigenvalue weighted by Gasteiger charge is 2.13. The van der Waals surface area contributed by atoms with Gasteiger partial charge in [-0.2, -0.15) is 0 Å². The summed E-state index contributed by atoms with van der Waals surface area (Å²) >= 11 is 3.38. The molecule has 0 radical (unpaired) electrons. The van der Waals surface area contributed by atoms with Crippen LogP contribution in [0.1, 0.15) is 23.2 Å². The zero-order valence-electron chi connectivity index (χ0n) is 10.7. The number of aromatic nitrogens is 2. The van der Waals surface area contributed by atoms with Crippen LogP contribution in [0.15, 0.2) is 34.8 Å². The molecule has 0 atom stereocenters. The molecule has 2 aromatic rings. The average Bonchev–Trinajstić information content (AvgIpc) is 2.39. The minimum absolute atomic E-state index is 0.0970. The summed E-state index contributed by atoms with van der Waals surface area (Å²) < 4.78 is 5.91. The minimum Gasteiger partial charge on any atom is -0.460 e. The molecule has 2 rings (SSSR count). The van der Waals surface area contributed by atoms with Gasteiger partial charge in [0.15, 0.2) is 0 Å². The fraction of sp³-hybridized carbons (Fsp3) is 0.214. The number of esters is 1. The van der Waals surface area contributed by atoms with Gasteiger partial charge in [0.2, 0.25) is 5.82 Å². The lowest BCUT2D eigenvalue weighted by atomic mass is 10.1. The molecule has 0 aliphatic carbocycles. The molecule has 0 amide bonds. The van der Waals surface area contributed by atoms with Crippen molar-refractivity contribution in [3.63, 3.8) is 0 Å². The summed E-state index contributed by atoms with van der Waals surface area (Å²) in [6, 6.07) is 9.56. The van der Waals surface area contributed by atoms with Gasteiger partial charge in [-0.05, 0) is 32.0 Å². The van der Waals surface area contributed by atoms with Crippen LogP contribution in [0.4, 0.5) is 0 Å². The number of hydrogen-bond acceptors (Lipinski definition) is 4. The van der Waals surface area contributed by atoms with Crippen LogP contribution in [0.2, 0.25) is 0 Å². The fourth-order valence-corrected chi connectivity index (χ4v) is 1.89. The van der Waals surface area contributed by atoms with Gasteiger partial charge < -0.3 is 4.74 Å². The Morgan fingerprint density at radius 3 is 2.58 bits per heavy atom. The number of ether oxygens (including phenoxy) is 1. The van der Waals surface area contributed by atoms with Crippen molar-refractivity contribution in [1.82, 2.24) is 9.97 Å². The Kier molecular flexibility index (Phi) is 4.27. The molecular formula is C14H13BrN2O2. The van der Waals surface area contributed by atoms with Crippen LogP contribution in [-0.4, -0.2) is 22.5 Å². The standard InChI is InChI=1S/C14H13BrN2O2/c1-3-19-14(18)13-16-9(2)8-12(17-13)10-4-6-11(15)7-5-10/h4-8H,3H2,1-2H3. The van der Waals surface area contributed by atoms with E-state index in [0.29, 0.717) is 12.3 Å². The normalized spacial score (nSPS) is 10.3. The molecule has 19 heavy (non-hydrogen) atoms. The van der Waals surface area contributed by atoms with Crippen molar-refractivity contribution in [2.24, 2.45) is 0 Å². The van der Waals surface area contributed by atoms with Gasteiger partial charge in [-0.3, -0.25) is 0 Å². The number of benzene rings is 1. The van der Waals surface area contributed by atoms with Gasteiger partial charge in [0, 0.05) is 15.7 Å². The Labute approximate surface area is 120 Å². The Morgan fingerprint density at radius 2 is 1.95 bits per heavy atom. The SMILES string of the molecule is CCOC(=O)c1nc(C)cc(-c2ccc(Br)cc2)n1. The molecule has 0 unspecified atom stereocenters. The highest BCUT2D eigenvalue weighted by molar-refractivity contribution is 9.10. The average molecular weight is 321 g/mol. The quantitative estimate of drug-likeness (QED) is 0.813. The second-order valence-corrected chi connectivity index (χ2v) is 4.86. The molecule has 0 fully saturated rings. The van der Waals surface area contributed by atoms with Crippen LogP contribution in [0.5, 0.6) is 0 Å². The number of hydrogen-bond donors (Lipinski definition) is 0. The van der Waals surface area contributed by atoms with Gasteiger partial charge in [0.1, 0.15) is 0 Å². The van der Waals surface area contributed by atoms with E-state index in [1.165, 1.54) is 0 Å². The number of carbonyl (C=O) groups excluding carboxylic acids is 1. The molecule has 0 N–H and O–H groups in total. The van der Waals surface area contributed by atoms with Crippen LogP contribution >= 0.6 is 15.9 Å². The Balaban J connectivity index is 2.41. The third-order valence-corrected chi connectivity index (χ3v) is 2.98. The molecule has 0 aliphatic heterocycles. The van der Waals surface area contributed by atoms with E-state index in [-0.39, 0.29) is 5.82 Å². The van der Waals surface area contributed by atoms with Crippen molar-refractivity contribution < 1.29 is 9.53 Å². The lowest BCUT2D eigenvalue weighted by Crippen LogP contribution is -2.11. The highest BCUT2D eigenvalue weighted by atomic mass is 79.9. The summed E-state index contributed by atoms with van der Waals surface area (Å²) in [5, 5.41) is 0. The van der Waals surface area contributed by atoms with Gasteiger partial charge in [-0.1, -0.05) is 28.1 Å². The van der Waals surface area contributed by atoms with Crippen molar-refractivity contribution >= 4 is 21.9 Å². The molecule has 5 heteroatoms. The van der Waals surface area contributed by atoms with Crippen LogP contribution in [-0.2, 0) is 4.74 Å². The topological polar surface area (TPSA) is 52.1 Å². The first-order valence-corrected chi connectivity index (χ1v) is 6.68. The zero-order valence-corrected chi connectivity index (χ0v) is 12.3. The Hall–Kier alpha value is -1.75. The van der Waals surface area contributed by atoms with Crippen molar-refractivity contribution in [2.45, 2.75) is 13.8 Å². The van der Waals surface area contributed by atoms with Crippen molar-refractivity contribution in [3.05, 3.63) is 46.3 Å². The van der Waals surface area contributed by atoms with Crippen molar-refractivity contribution in [2.75, 3.05) is 6.61 Å². The van der Waals surface area contributed by atoms with Crippen LogP contribution in [0.25, 0.3) is 11.3 Å². The molecule has 4 nitrogen and oxygen atoms in total. The second-order valence-electron chi connectivity index (χ2n) is 3.95. The van der Waals surface area contributed by atoms with E-state index in [9.17, 15) is 4.79 Å². The number of nitrogens with zero attached hydrogens (tertiary/aromatic N) is 2. The second kappa shape index (κ2) is 5.93. The van der Waals surface area contributed by atoms with E-state index in [1.54, 1.807) is 6.92 Å². The first kappa shape index (κ1) is 13.7. The third kappa shape index (κ3) is 3.38. The largest absolute Gasteiger partial charge is 0.460 e. The first-order chi connectivity index (χ1) is 9.10. The van der Waals surface area contributed by atoms with E-state index in [1.807, 2.05) is 37.3 Å². The van der Waals surface area contributed by atoms with E-state index in [4.69, 9.17) is 4.74 Å². The maximum Gasteiger partial charge on any atom is 0.376 e. The minimum atomic E-state index is -0.496. The number of rotatable bonds is 3. The highest BCUT2D eigenvalue weighted by Crippen LogP contribution is 2.20. The first-order valence-electron chi connectivity index (χ1n) is 5.89. The van der Waals surface area contributed by atoms with E-state index >= 15 is 0 Å². The monoisotopic (exact) mass is 320 g/mol. The predicted molar refractivity (Wildman–Crippen MR) is 75.9 cm³/mol. The Morgan fingerprint density at radius 1 is 1.26 bits per heavy atom. The molecule has 0 saturated carbocycles. The molecule has 1 heterocycles. The molecular weight excluding hydrogens is 308 g/mol. The number of aryl methyl sites for hydroxylation is 1. The smallest absolute Gasteiger partial charge is 0.376 e. The summed E-state index contributed by atoms with van der Waals surface area (Å²) in [4.78, 5) is 20.0. The lowest BCUT2D eigenvalue weighted by Gasteiger charge is -2.06. The molecule has 0 aliphatic rings. The maximum absolute atomic E-state index is 11.7. The zero-order chi connectivity index (χ0) is 13.8. The van der Waals surface area contributed by atoms with Gasteiger partial charge in [0.25, 0.3) is 0 Å². The van der Waals surface area contributed by atoms with Crippen LogP contribution in [0, 0.1) is 6.92 Å². The van der Waals surface area contributed by atoms with E-state index < -0.39 is 5.97 Å². The number of carbonyl (C=O) groups is 1. The van der Waals surface area contributed by atoms with Crippen molar-refractivity contribution in [1.29, 1.82) is 0 Å². The van der Waals surface area contributed by atoms with Crippen molar-refractivity contribution in [3.8, 4) is 11.3 Å². The van der Waals surface area contributed by atoms with E-state index in [0.717, 1.165) is 15.7 Å². The number of halogens is 1. The molecule has 98 valence electrons. The van der Waals surface area contributed by atoms with Gasteiger partial charge >= 0.3 is 5.97 Å². The summed E-state index contributed by atoms with van der Waals surface area (Å²) in [5.41, 5.74) is 2.37. The van der Waals surface area contributed by atoms with Gasteiger partial charge in [-0.25, -0.2) is 14.8 Å². The van der Waals surface area contributed by atoms with E-state index in [2.05, 4.69) is 25.9 Å². The van der Waals surface area contributed by atoms with Crippen LogP contribution < -0.4 is 0 Å². The molecule has 0 saturated heterocycles. The maximum atomic E-state index is 11.7.